The van der Waals surface area contributed by atoms with Crippen LogP contribution >= 0.6 is 0 Å². The number of H-pyrrole nitrogens is 1. The quantitative estimate of drug-likeness (QED) is 0.761. The lowest BCUT2D eigenvalue weighted by Gasteiger charge is -2.30. The second-order valence-corrected chi connectivity index (χ2v) is 7.80. The molecule has 2 rings (SSSR count). The molecule has 0 aromatic carbocycles. The van der Waals surface area contributed by atoms with Crippen LogP contribution in [-0.2, 0) is 14.3 Å². The second kappa shape index (κ2) is 7.58. The van der Waals surface area contributed by atoms with Gasteiger partial charge in [0.1, 0.15) is 11.1 Å². The number of hydrogen-bond acceptors (Lipinski definition) is 6. The third kappa shape index (κ3) is 4.78. The zero-order chi connectivity index (χ0) is 20.4. The zero-order valence-electron chi connectivity index (χ0n) is 16.4. The van der Waals surface area contributed by atoms with E-state index in [2.05, 4.69) is 10.3 Å². The number of aromatic amines is 1. The number of alkyl carbamates (subject to hydrolysis) is 1. The Morgan fingerprint density at radius 2 is 2.04 bits per heavy atom. The third-order valence-corrected chi connectivity index (χ3v) is 4.43. The van der Waals surface area contributed by atoms with E-state index in [1.54, 1.807) is 34.6 Å². The topological polar surface area (TPSA) is 119 Å². The monoisotopic (exact) mass is 381 g/mol. The summed E-state index contributed by atoms with van der Waals surface area (Å²) >= 11 is 0. The van der Waals surface area contributed by atoms with Crippen LogP contribution in [0.15, 0.2) is 15.8 Å². The first-order valence-corrected chi connectivity index (χ1v) is 8.98. The van der Waals surface area contributed by atoms with Gasteiger partial charge in [0.15, 0.2) is 0 Å². The Morgan fingerprint density at radius 1 is 1.37 bits per heavy atom. The van der Waals surface area contributed by atoms with Gasteiger partial charge < -0.3 is 14.8 Å². The molecule has 1 aliphatic carbocycles. The van der Waals surface area contributed by atoms with E-state index < -0.39 is 34.5 Å². The number of aromatic nitrogens is 2. The third-order valence-electron chi connectivity index (χ3n) is 4.43. The van der Waals surface area contributed by atoms with E-state index in [0.29, 0.717) is 18.4 Å². The number of amides is 1. The minimum atomic E-state index is -1.29. The standard InChI is InChI=1S/C18H27N3O6/c1-6-26-14(23)18(20-16(25)27-17(3,4)5)8-7-12(9-18)21-10-11(2)13(22)19-15(21)24/h10,12H,6-9H2,1-5H3,(H,20,25)(H,19,22,24)/t12-,18-/m1/s1. The van der Waals surface area contributed by atoms with Crippen molar-refractivity contribution >= 4 is 12.1 Å². The summed E-state index contributed by atoms with van der Waals surface area (Å²) < 4.78 is 11.8. The van der Waals surface area contributed by atoms with Crippen LogP contribution in [0.3, 0.4) is 0 Å². The van der Waals surface area contributed by atoms with Crippen LogP contribution in [0.5, 0.6) is 0 Å². The molecule has 1 fully saturated rings. The molecular formula is C18H27N3O6. The van der Waals surface area contributed by atoms with E-state index in [0.717, 1.165) is 0 Å². The molecule has 0 bridgehead atoms. The summed E-state index contributed by atoms with van der Waals surface area (Å²) in [6, 6.07) is -0.368. The number of hydrogen-bond donors (Lipinski definition) is 2. The van der Waals surface area contributed by atoms with Gasteiger partial charge in [-0.1, -0.05) is 0 Å². The van der Waals surface area contributed by atoms with Crippen molar-refractivity contribution in [3.05, 3.63) is 32.6 Å². The van der Waals surface area contributed by atoms with E-state index in [4.69, 9.17) is 9.47 Å². The molecule has 0 spiro atoms. The first-order valence-electron chi connectivity index (χ1n) is 8.98. The lowest BCUT2D eigenvalue weighted by atomic mass is 9.97. The summed E-state index contributed by atoms with van der Waals surface area (Å²) in [6.45, 7) is 8.62. The highest BCUT2D eigenvalue weighted by atomic mass is 16.6. The highest BCUT2D eigenvalue weighted by Gasteiger charge is 2.49. The molecule has 2 N–H and O–H groups in total. The number of aryl methyl sites for hydroxylation is 1. The summed E-state index contributed by atoms with van der Waals surface area (Å²) in [7, 11) is 0. The molecule has 1 amide bonds. The van der Waals surface area contributed by atoms with Crippen LogP contribution in [-0.4, -0.2) is 39.4 Å². The van der Waals surface area contributed by atoms with Gasteiger partial charge in [0.25, 0.3) is 5.56 Å². The number of esters is 1. The molecule has 2 atom stereocenters. The maximum Gasteiger partial charge on any atom is 0.408 e. The average molecular weight is 381 g/mol. The lowest BCUT2D eigenvalue weighted by Crippen LogP contribution is -2.55. The molecule has 1 heterocycles. The maximum absolute atomic E-state index is 12.6. The molecule has 0 unspecified atom stereocenters. The Morgan fingerprint density at radius 3 is 2.63 bits per heavy atom. The van der Waals surface area contributed by atoms with Crippen molar-refractivity contribution in [3.63, 3.8) is 0 Å². The fourth-order valence-corrected chi connectivity index (χ4v) is 3.23. The number of nitrogens with zero attached hydrogens (tertiary/aromatic N) is 1. The van der Waals surface area contributed by atoms with Crippen molar-refractivity contribution in [2.24, 2.45) is 0 Å². The van der Waals surface area contributed by atoms with Crippen LogP contribution < -0.4 is 16.6 Å². The van der Waals surface area contributed by atoms with Gasteiger partial charge in [-0.25, -0.2) is 14.4 Å². The molecule has 1 aromatic rings. The van der Waals surface area contributed by atoms with Crippen molar-refractivity contribution in [1.82, 2.24) is 14.9 Å². The SMILES string of the molecule is CCOC(=O)[C@@]1(NC(=O)OC(C)(C)C)CC[C@@H](n2cc(C)c(=O)[nH]c2=O)C1. The normalized spacial score (nSPS) is 22.3. The minimum absolute atomic E-state index is 0.163. The Hall–Kier alpha value is -2.58. The number of carbonyl (C=O) groups is 2. The predicted octanol–water partition coefficient (Wildman–Crippen LogP) is 1.40. The van der Waals surface area contributed by atoms with Gasteiger partial charge >= 0.3 is 17.8 Å². The summed E-state index contributed by atoms with van der Waals surface area (Å²) in [5.74, 6) is -0.562. The van der Waals surface area contributed by atoms with E-state index in [1.807, 2.05) is 0 Å². The fourth-order valence-electron chi connectivity index (χ4n) is 3.23. The Kier molecular flexibility index (Phi) is 5.82. The molecular weight excluding hydrogens is 354 g/mol. The second-order valence-electron chi connectivity index (χ2n) is 7.80. The molecule has 9 nitrogen and oxygen atoms in total. The molecule has 0 saturated heterocycles. The smallest absolute Gasteiger partial charge is 0.408 e. The fraction of sp³-hybridized carbons (Fsp3) is 0.667. The number of rotatable bonds is 4. The van der Waals surface area contributed by atoms with Crippen LogP contribution in [0, 0.1) is 6.92 Å². The Labute approximate surface area is 157 Å². The number of nitrogens with one attached hydrogen (secondary N) is 2. The molecule has 1 saturated carbocycles. The minimum Gasteiger partial charge on any atom is -0.464 e. The van der Waals surface area contributed by atoms with Crippen LogP contribution in [0.1, 0.15) is 58.6 Å². The molecule has 9 heteroatoms. The van der Waals surface area contributed by atoms with Crippen molar-refractivity contribution in [2.75, 3.05) is 6.61 Å². The Balaban J connectivity index is 2.31. The van der Waals surface area contributed by atoms with Gasteiger partial charge in [-0.2, -0.15) is 0 Å². The summed E-state index contributed by atoms with van der Waals surface area (Å²) in [6.07, 6.45) is 1.67. The van der Waals surface area contributed by atoms with Crippen LogP contribution in [0.4, 0.5) is 4.79 Å². The van der Waals surface area contributed by atoms with Gasteiger partial charge in [-0.05, 0) is 47.5 Å². The largest absolute Gasteiger partial charge is 0.464 e. The summed E-state index contributed by atoms with van der Waals surface area (Å²) in [4.78, 5) is 50.9. The molecule has 27 heavy (non-hydrogen) atoms. The first kappa shape index (κ1) is 20.7. The van der Waals surface area contributed by atoms with Gasteiger partial charge in [-0.15, -0.1) is 0 Å². The first-order chi connectivity index (χ1) is 12.5. The average Bonchev–Trinajstić information content (AvgIpc) is 2.94. The van der Waals surface area contributed by atoms with E-state index in [9.17, 15) is 19.2 Å². The molecule has 150 valence electrons. The molecule has 1 aliphatic rings. The van der Waals surface area contributed by atoms with E-state index in [-0.39, 0.29) is 19.1 Å². The highest BCUT2D eigenvalue weighted by molar-refractivity contribution is 5.86. The van der Waals surface area contributed by atoms with Gasteiger partial charge in [-0.3, -0.25) is 14.3 Å². The van der Waals surface area contributed by atoms with E-state index >= 15 is 0 Å². The Bertz CT molecular complexity index is 835. The predicted molar refractivity (Wildman–Crippen MR) is 97.7 cm³/mol. The van der Waals surface area contributed by atoms with Gasteiger partial charge in [0.05, 0.1) is 6.61 Å². The zero-order valence-corrected chi connectivity index (χ0v) is 16.4. The van der Waals surface area contributed by atoms with Crippen molar-refractivity contribution in [2.45, 2.75) is 71.1 Å². The molecule has 1 aromatic heterocycles. The highest BCUT2D eigenvalue weighted by Crippen LogP contribution is 2.38. The van der Waals surface area contributed by atoms with Gasteiger partial charge in [0, 0.05) is 24.2 Å². The van der Waals surface area contributed by atoms with Crippen molar-refractivity contribution in [3.8, 4) is 0 Å². The summed E-state index contributed by atoms with van der Waals surface area (Å²) in [5, 5.41) is 2.66. The van der Waals surface area contributed by atoms with Gasteiger partial charge in [0.2, 0.25) is 0 Å². The molecule has 0 aliphatic heterocycles. The van der Waals surface area contributed by atoms with Crippen LogP contribution in [0.2, 0.25) is 0 Å². The maximum atomic E-state index is 12.6. The molecule has 0 radical (unpaired) electrons. The van der Waals surface area contributed by atoms with E-state index in [1.165, 1.54) is 10.8 Å². The summed E-state index contributed by atoms with van der Waals surface area (Å²) in [5.41, 5.74) is -2.61. The van der Waals surface area contributed by atoms with Crippen molar-refractivity contribution < 1.29 is 19.1 Å². The number of carbonyl (C=O) groups excluding carboxylic acids is 2. The van der Waals surface area contributed by atoms with Crippen molar-refractivity contribution in [1.29, 1.82) is 0 Å². The lowest BCUT2D eigenvalue weighted by molar-refractivity contribution is -0.151. The number of ether oxygens (including phenoxy) is 2. The van der Waals surface area contributed by atoms with Crippen LogP contribution in [0.25, 0.3) is 0 Å².